The molecule has 0 bridgehead atoms. The Morgan fingerprint density at radius 2 is 1.82 bits per heavy atom. The second-order valence-corrected chi connectivity index (χ2v) is 10.6. The number of pyridine rings is 1. The number of carbonyl (C=O) groups is 1. The SMILES string of the molecule is CCCN(CCC)C(=O)C1=Cc2ccc(-c3ccc4c(=S)n(Cc5nccn5C)ccc4c3)cc2NC(=NC)C1. The normalized spacial score (nSPS) is 14.0. The van der Waals surface area contributed by atoms with Crippen LogP contribution in [0.1, 0.15) is 44.5 Å². The minimum atomic E-state index is 0.0953. The Morgan fingerprint density at radius 3 is 2.52 bits per heavy atom. The van der Waals surface area contributed by atoms with Gasteiger partial charge in [-0.2, -0.15) is 0 Å². The number of aliphatic imine (C=N–C) groups is 1. The lowest BCUT2D eigenvalue weighted by molar-refractivity contribution is -0.127. The Morgan fingerprint density at radius 1 is 1.07 bits per heavy atom. The van der Waals surface area contributed by atoms with Crippen LogP contribution in [0.4, 0.5) is 5.69 Å². The molecule has 1 amide bonds. The summed E-state index contributed by atoms with van der Waals surface area (Å²) in [7, 11) is 3.76. The Hall–Kier alpha value is -4.04. The molecule has 206 valence electrons. The number of fused-ring (bicyclic) bond motifs is 2. The van der Waals surface area contributed by atoms with E-state index in [-0.39, 0.29) is 5.91 Å². The number of aryl methyl sites for hydroxylation is 1. The predicted octanol–water partition coefficient (Wildman–Crippen LogP) is 6.70. The van der Waals surface area contributed by atoms with Crippen molar-refractivity contribution in [2.45, 2.75) is 39.7 Å². The number of nitrogens with one attached hydrogen (secondary N) is 1. The van der Waals surface area contributed by atoms with Gasteiger partial charge in [0.2, 0.25) is 5.91 Å². The lowest BCUT2D eigenvalue weighted by Crippen LogP contribution is -2.34. The van der Waals surface area contributed by atoms with E-state index in [4.69, 9.17) is 12.2 Å². The van der Waals surface area contributed by atoms with Crippen LogP contribution >= 0.6 is 12.2 Å². The minimum Gasteiger partial charge on any atom is -0.343 e. The molecule has 0 saturated heterocycles. The fourth-order valence-electron chi connectivity index (χ4n) is 5.21. The number of hydrogen-bond donors (Lipinski definition) is 1. The zero-order chi connectivity index (χ0) is 28.2. The Bertz CT molecular complexity index is 1670. The second kappa shape index (κ2) is 12.0. The van der Waals surface area contributed by atoms with Crippen molar-refractivity contribution in [2.24, 2.45) is 12.0 Å². The van der Waals surface area contributed by atoms with E-state index in [1.54, 1.807) is 13.2 Å². The van der Waals surface area contributed by atoms with E-state index in [0.29, 0.717) is 13.0 Å². The second-order valence-electron chi connectivity index (χ2n) is 10.2. The molecule has 0 unspecified atom stereocenters. The number of amides is 1. The van der Waals surface area contributed by atoms with Gasteiger partial charge in [0.05, 0.1) is 6.54 Å². The molecule has 0 atom stereocenters. The van der Waals surface area contributed by atoms with Crippen LogP contribution in [-0.4, -0.2) is 50.9 Å². The molecule has 0 saturated carbocycles. The van der Waals surface area contributed by atoms with Gasteiger partial charge in [-0.15, -0.1) is 0 Å². The largest absolute Gasteiger partial charge is 0.343 e. The van der Waals surface area contributed by atoms with Gasteiger partial charge in [-0.25, -0.2) is 4.98 Å². The fourth-order valence-corrected chi connectivity index (χ4v) is 5.52. The summed E-state index contributed by atoms with van der Waals surface area (Å²) in [6.45, 7) is 6.37. The average Bonchev–Trinajstić information content (AvgIpc) is 3.27. The van der Waals surface area contributed by atoms with Crippen LogP contribution in [0.25, 0.3) is 28.0 Å². The lowest BCUT2D eigenvalue weighted by atomic mass is 9.99. The van der Waals surface area contributed by atoms with Gasteiger partial charge in [0.1, 0.15) is 16.3 Å². The maximum absolute atomic E-state index is 13.4. The summed E-state index contributed by atoms with van der Waals surface area (Å²) in [5.41, 5.74) is 4.89. The molecule has 3 heterocycles. The van der Waals surface area contributed by atoms with Crippen molar-refractivity contribution in [2.75, 3.05) is 25.5 Å². The number of aromatic nitrogens is 3. The molecule has 0 aliphatic carbocycles. The van der Waals surface area contributed by atoms with Gasteiger partial charge >= 0.3 is 0 Å². The Kier molecular flexibility index (Phi) is 8.26. The molecule has 40 heavy (non-hydrogen) atoms. The van der Waals surface area contributed by atoms with E-state index in [2.05, 4.69) is 76.2 Å². The first-order valence-corrected chi connectivity index (χ1v) is 14.3. The molecule has 7 nitrogen and oxygen atoms in total. The van der Waals surface area contributed by atoms with E-state index in [1.165, 1.54) is 0 Å². The molecule has 1 aliphatic heterocycles. The van der Waals surface area contributed by atoms with Crippen molar-refractivity contribution in [3.05, 3.63) is 82.7 Å². The van der Waals surface area contributed by atoms with E-state index in [0.717, 1.165) is 81.0 Å². The van der Waals surface area contributed by atoms with Crippen LogP contribution in [0.5, 0.6) is 0 Å². The number of anilines is 1. The van der Waals surface area contributed by atoms with Gasteiger partial charge in [0.15, 0.2) is 0 Å². The van der Waals surface area contributed by atoms with Gasteiger partial charge in [0, 0.05) is 68.8 Å². The van der Waals surface area contributed by atoms with Gasteiger partial charge in [-0.1, -0.05) is 50.3 Å². The number of hydrogen-bond acceptors (Lipinski definition) is 4. The molecule has 2 aromatic carbocycles. The number of carbonyl (C=O) groups excluding carboxylic acids is 1. The van der Waals surface area contributed by atoms with Crippen molar-refractivity contribution in [3.63, 3.8) is 0 Å². The van der Waals surface area contributed by atoms with Crippen molar-refractivity contribution in [3.8, 4) is 11.1 Å². The van der Waals surface area contributed by atoms with Crippen LogP contribution in [0.15, 0.2) is 71.6 Å². The van der Waals surface area contributed by atoms with Crippen LogP contribution < -0.4 is 5.32 Å². The van der Waals surface area contributed by atoms with Crippen LogP contribution in [0.2, 0.25) is 0 Å². The summed E-state index contributed by atoms with van der Waals surface area (Å²) in [5, 5.41) is 5.62. The topological polar surface area (TPSA) is 67.5 Å². The maximum Gasteiger partial charge on any atom is 0.250 e. The number of rotatable bonds is 8. The van der Waals surface area contributed by atoms with E-state index < -0.39 is 0 Å². The third kappa shape index (κ3) is 5.63. The zero-order valence-corrected chi connectivity index (χ0v) is 24.5. The van der Waals surface area contributed by atoms with Crippen molar-refractivity contribution in [1.29, 1.82) is 0 Å². The summed E-state index contributed by atoms with van der Waals surface area (Å²) in [6.07, 6.45) is 10.2. The summed E-state index contributed by atoms with van der Waals surface area (Å²) >= 11 is 5.84. The predicted molar refractivity (Wildman–Crippen MR) is 167 cm³/mol. The Labute approximate surface area is 240 Å². The standard InChI is InChI=1S/C32H36N6OS/c1-5-13-37(14-6-2)31(39)26-18-25-8-7-23(19-28(25)35-29(20-26)33-3)22-9-10-27-24(17-22)11-15-38(32(27)40)21-30-34-12-16-36(30)4/h7-12,15-19H,5-6,13-14,20-21H2,1-4H3,(H,33,35). The third-order valence-corrected chi connectivity index (χ3v) is 7.84. The van der Waals surface area contributed by atoms with Gasteiger partial charge in [-0.05, 0) is 59.2 Å². The summed E-state index contributed by atoms with van der Waals surface area (Å²) in [4.78, 5) is 24.3. The smallest absolute Gasteiger partial charge is 0.250 e. The maximum atomic E-state index is 13.4. The zero-order valence-electron chi connectivity index (χ0n) is 23.6. The third-order valence-electron chi connectivity index (χ3n) is 7.38. The molecule has 1 aliphatic rings. The summed E-state index contributed by atoms with van der Waals surface area (Å²) in [5.74, 6) is 1.84. The van der Waals surface area contributed by atoms with Crippen LogP contribution in [0.3, 0.4) is 0 Å². The number of imidazole rings is 1. The quantitative estimate of drug-likeness (QED) is 0.247. The van der Waals surface area contributed by atoms with Gasteiger partial charge in [-0.3, -0.25) is 9.79 Å². The van der Waals surface area contributed by atoms with E-state index in [9.17, 15) is 4.79 Å². The molecule has 0 radical (unpaired) electrons. The molecule has 1 N–H and O–H groups in total. The highest BCUT2D eigenvalue weighted by atomic mass is 32.1. The molecular weight excluding hydrogens is 516 g/mol. The summed E-state index contributed by atoms with van der Waals surface area (Å²) in [6, 6.07) is 14.9. The monoisotopic (exact) mass is 552 g/mol. The molecule has 8 heteroatoms. The highest BCUT2D eigenvalue weighted by Crippen LogP contribution is 2.32. The molecule has 4 aromatic rings. The first-order valence-electron chi connectivity index (χ1n) is 13.9. The highest BCUT2D eigenvalue weighted by Gasteiger charge is 2.22. The molecule has 5 rings (SSSR count). The van der Waals surface area contributed by atoms with Crippen molar-refractivity contribution in [1.82, 2.24) is 19.0 Å². The minimum absolute atomic E-state index is 0.0953. The van der Waals surface area contributed by atoms with Crippen molar-refractivity contribution < 1.29 is 4.79 Å². The fraction of sp³-hybridized carbons (Fsp3) is 0.312. The van der Waals surface area contributed by atoms with Crippen LogP contribution in [0, 0.1) is 4.64 Å². The average molecular weight is 553 g/mol. The van der Waals surface area contributed by atoms with Crippen LogP contribution in [-0.2, 0) is 18.4 Å². The highest BCUT2D eigenvalue weighted by molar-refractivity contribution is 7.71. The number of nitrogens with zero attached hydrogens (tertiary/aromatic N) is 5. The molecule has 2 aromatic heterocycles. The first kappa shape index (κ1) is 27.5. The first-order chi connectivity index (χ1) is 19.4. The summed E-state index contributed by atoms with van der Waals surface area (Å²) < 4.78 is 4.86. The molecule has 0 fully saturated rings. The van der Waals surface area contributed by atoms with E-state index in [1.807, 2.05) is 35.0 Å². The van der Waals surface area contributed by atoms with Crippen molar-refractivity contribution >= 4 is 46.5 Å². The number of amidine groups is 1. The van der Waals surface area contributed by atoms with Gasteiger partial charge in [0.25, 0.3) is 0 Å². The Balaban J connectivity index is 1.47. The number of benzene rings is 2. The molecule has 0 spiro atoms. The lowest BCUT2D eigenvalue weighted by Gasteiger charge is -2.22. The van der Waals surface area contributed by atoms with E-state index >= 15 is 0 Å². The molecular formula is C32H36N6OS. The van der Waals surface area contributed by atoms with Gasteiger partial charge < -0.3 is 19.4 Å².